The molecule has 2 rings (SSSR count). The highest BCUT2D eigenvalue weighted by atomic mass is 32.2. The predicted octanol–water partition coefficient (Wildman–Crippen LogP) is 0.952. The Morgan fingerprint density at radius 1 is 1.13 bits per heavy atom. The zero-order valence-electron chi connectivity index (χ0n) is 13.6. The third-order valence-electron chi connectivity index (χ3n) is 4.95. The molecule has 2 fully saturated rings. The molecular formula is C15H26N2O5S. The molecule has 23 heavy (non-hydrogen) atoms. The van der Waals surface area contributed by atoms with Gasteiger partial charge in [0.15, 0.2) is 0 Å². The molecule has 0 aromatic heterocycles. The second kappa shape index (κ2) is 7.17. The summed E-state index contributed by atoms with van der Waals surface area (Å²) in [5, 5.41) is 12.4. The fraction of sp³-hybridized carbons (Fsp3) is 0.867. The molecule has 1 saturated heterocycles. The molecule has 132 valence electrons. The molecule has 2 N–H and O–H groups in total. The number of nitrogens with one attached hydrogen (secondary N) is 1. The Bertz CT molecular complexity index is 552. The molecule has 0 aromatic rings. The normalized spacial score (nSPS) is 26.2. The van der Waals surface area contributed by atoms with Crippen LogP contribution in [0.2, 0.25) is 0 Å². The van der Waals surface area contributed by atoms with Gasteiger partial charge in [-0.25, -0.2) is 17.5 Å². The Hall–Kier alpha value is -1.15. The number of carboxylic acid groups (broad SMARTS) is 1. The van der Waals surface area contributed by atoms with Crippen molar-refractivity contribution in [3.63, 3.8) is 0 Å². The number of carboxylic acids is 1. The fourth-order valence-electron chi connectivity index (χ4n) is 3.52. The molecule has 0 aromatic carbocycles. The molecule has 1 saturated carbocycles. The van der Waals surface area contributed by atoms with Gasteiger partial charge in [0.2, 0.25) is 15.9 Å². The van der Waals surface area contributed by atoms with E-state index in [1.165, 1.54) is 4.31 Å². The van der Waals surface area contributed by atoms with Crippen LogP contribution in [0, 0.1) is 5.92 Å². The second-order valence-corrected chi connectivity index (χ2v) is 8.73. The summed E-state index contributed by atoms with van der Waals surface area (Å²) in [5.41, 5.74) is -1.19. The van der Waals surface area contributed by atoms with Crippen LogP contribution in [0.15, 0.2) is 0 Å². The molecule has 0 radical (unpaired) electrons. The summed E-state index contributed by atoms with van der Waals surface area (Å²) < 4.78 is 24.6. The number of piperidine rings is 1. The average Bonchev–Trinajstić information content (AvgIpc) is 2.73. The zero-order valence-corrected chi connectivity index (χ0v) is 14.4. The molecule has 1 amide bonds. The topological polar surface area (TPSA) is 104 Å². The molecule has 0 bridgehead atoms. The molecule has 8 heteroatoms. The first-order valence-electron chi connectivity index (χ1n) is 8.25. The van der Waals surface area contributed by atoms with Gasteiger partial charge in [0.05, 0.1) is 12.2 Å². The van der Waals surface area contributed by atoms with Crippen molar-refractivity contribution >= 4 is 21.9 Å². The minimum absolute atomic E-state index is 0.139. The van der Waals surface area contributed by atoms with Crippen molar-refractivity contribution in [2.45, 2.75) is 56.9 Å². The lowest BCUT2D eigenvalue weighted by molar-refractivity contribution is -0.149. The predicted molar refractivity (Wildman–Crippen MR) is 85.4 cm³/mol. The standard InChI is InChI=1S/C15H26N2O5S/c1-23(21,22)17-10-6-7-12(11-17)13(18)16-15(14(19)20)8-4-2-3-5-9-15/h12H,2-11H2,1H3,(H,16,18)(H,19,20)/t12-/m0/s1. The van der Waals surface area contributed by atoms with Gasteiger partial charge in [-0.3, -0.25) is 4.79 Å². The van der Waals surface area contributed by atoms with Gasteiger partial charge in [-0.05, 0) is 25.7 Å². The molecule has 1 atom stereocenters. The summed E-state index contributed by atoms with van der Waals surface area (Å²) in [6, 6.07) is 0. The van der Waals surface area contributed by atoms with Gasteiger partial charge in [-0.1, -0.05) is 25.7 Å². The third-order valence-corrected chi connectivity index (χ3v) is 6.22. The van der Waals surface area contributed by atoms with Crippen molar-refractivity contribution in [2.75, 3.05) is 19.3 Å². The molecular weight excluding hydrogens is 320 g/mol. The van der Waals surface area contributed by atoms with Crippen LogP contribution in [0.1, 0.15) is 51.4 Å². The van der Waals surface area contributed by atoms with Crippen molar-refractivity contribution in [2.24, 2.45) is 5.92 Å². The number of amides is 1. The quantitative estimate of drug-likeness (QED) is 0.738. The Kier molecular flexibility index (Phi) is 5.67. The molecule has 7 nitrogen and oxygen atoms in total. The van der Waals surface area contributed by atoms with E-state index in [9.17, 15) is 23.1 Å². The number of rotatable bonds is 4. The molecule has 1 aliphatic carbocycles. The van der Waals surface area contributed by atoms with Crippen molar-refractivity contribution in [3.05, 3.63) is 0 Å². The highest BCUT2D eigenvalue weighted by molar-refractivity contribution is 7.88. The van der Waals surface area contributed by atoms with Crippen molar-refractivity contribution in [1.29, 1.82) is 0 Å². The monoisotopic (exact) mass is 346 g/mol. The van der Waals surface area contributed by atoms with Crippen LogP contribution in [0.3, 0.4) is 0 Å². The summed E-state index contributed by atoms with van der Waals surface area (Å²) in [5.74, 6) is -1.79. The minimum atomic E-state index is -3.33. The van der Waals surface area contributed by atoms with Gasteiger partial charge in [-0.2, -0.15) is 0 Å². The van der Waals surface area contributed by atoms with Crippen molar-refractivity contribution in [3.8, 4) is 0 Å². The summed E-state index contributed by atoms with van der Waals surface area (Å²) in [6.07, 6.45) is 6.76. The number of sulfonamides is 1. The van der Waals surface area contributed by atoms with E-state index in [-0.39, 0.29) is 12.5 Å². The van der Waals surface area contributed by atoms with Gasteiger partial charge < -0.3 is 10.4 Å². The van der Waals surface area contributed by atoms with E-state index in [1.807, 2.05) is 0 Å². The largest absolute Gasteiger partial charge is 0.480 e. The summed E-state index contributed by atoms with van der Waals surface area (Å²) in [4.78, 5) is 24.3. The Morgan fingerprint density at radius 3 is 2.26 bits per heavy atom. The molecule has 2 aliphatic rings. The first kappa shape index (κ1) is 18.2. The molecule has 1 heterocycles. The maximum Gasteiger partial charge on any atom is 0.329 e. The highest BCUT2D eigenvalue weighted by Crippen LogP contribution is 2.29. The fourth-order valence-corrected chi connectivity index (χ4v) is 4.43. The lowest BCUT2D eigenvalue weighted by atomic mass is 9.88. The Balaban J connectivity index is 2.08. The van der Waals surface area contributed by atoms with E-state index in [1.54, 1.807) is 0 Å². The second-order valence-electron chi connectivity index (χ2n) is 6.75. The van der Waals surface area contributed by atoms with Crippen molar-refractivity contribution in [1.82, 2.24) is 9.62 Å². The van der Waals surface area contributed by atoms with E-state index >= 15 is 0 Å². The van der Waals surface area contributed by atoms with E-state index in [2.05, 4.69) is 5.32 Å². The lowest BCUT2D eigenvalue weighted by Gasteiger charge is -2.34. The van der Waals surface area contributed by atoms with E-state index in [4.69, 9.17) is 0 Å². The number of carbonyl (C=O) groups is 2. The van der Waals surface area contributed by atoms with Crippen LogP contribution in [0.25, 0.3) is 0 Å². The van der Waals surface area contributed by atoms with E-state index in [0.29, 0.717) is 32.2 Å². The number of carbonyl (C=O) groups excluding carboxylic acids is 1. The van der Waals surface area contributed by atoms with E-state index in [0.717, 1.165) is 31.9 Å². The SMILES string of the molecule is CS(=O)(=O)N1CCC[C@H](C(=O)NC2(C(=O)O)CCCCCC2)C1. The van der Waals surface area contributed by atoms with Crippen LogP contribution in [-0.2, 0) is 19.6 Å². The van der Waals surface area contributed by atoms with Crippen LogP contribution < -0.4 is 5.32 Å². The van der Waals surface area contributed by atoms with E-state index < -0.39 is 27.4 Å². The maximum atomic E-state index is 12.6. The first-order chi connectivity index (χ1) is 10.7. The van der Waals surface area contributed by atoms with Crippen molar-refractivity contribution < 1.29 is 23.1 Å². The molecule has 0 unspecified atom stereocenters. The third kappa shape index (κ3) is 4.44. The smallest absolute Gasteiger partial charge is 0.329 e. The van der Waals surface area contributed by atoms with Gasteiger partial charge in [0.1, 0.15) is 5.54 Å². The number of hydrogen-bond donors (Lipinski definition) is 2. The Morgan fingerprint density at radius 2 is 1.74 bits per heavy atom. The van der Waals surface area contributed by atoms with Gasteiger partial charge in [0.25, 0.3) is 0 Å². The van der Waals surface area contributed by atoms with Crippen LogP contribution in [0.5, 0.6) is 0 Å². The maximum absolute atomic E-state index is 12.6. The lowest BCUT2D eigenvalue weighted by Crippen LogP contribution is -2.57. The van der Waals surface area contributed by atoms with Gasteiger partial charge in [-0.15, -0.1) is 0 Å². The summed E-state index contributed by atoms with van der Waals surface area (Å²) >= 11 is 0. The van der Waals surface area contributed by atoms with Gasteiger partial charge in [0, 0.05) is 13.1 Å². The average molecular weight is 346 g/mol. The first-order valence-corrected chi connectivity index (χ1v) is 10.1. The number of hydrogen-bond acceptors (Lipinski definition) is 4. The van der Waals surface area contributed by atoms with Crippen LogP contribution >= 0.6 is 0 Å². The molecule has 0 spiro atoms. The van der Waals surface area contributed by atoms with Crippen LogP contribution in [-0.4, -0.2) is 54.6 Å². The summed E-state index contributed by atoms with van der Waals surface area (Å²) in [6.45, 7) is 0.563. The highest BCUT2D eigenvalue weighted by Gasteiger charge is 2.42. The number of aliphatic carboxylic acids is 1. The minimum Gasteiger partial charge on any atom is -0.480 e. The molecule has 1 aliphatic heterocycles. The summed E-state index contributed by atoms with van der Waals surface area (Å²) in [7, 11) is -3.33. The van der Waals surface area contributed by atoms with Crippen LogP contribution in [0.4, 0.5) is 0 Å². The Labute approximate surface area is 137 Å². The zero-order chi connectivity index (χ0) is 17.1. The van der Waals surface area contributed by atoms with Gasteiger partial charge >= 0.3 is 5.97 Å². The number of nitrogens with zero attached hydrogens (tertiary/aromatic N) is 1.